The number of hydrogen-bond donors (Lipinski definition) is 1. The van der Waals surface area contributed by atoms with Gasteiger partial charge < -0.3 is 4.74 Å². The van der Waals surface area contributed by atoms with E-state index in [4.69, 9.17) is 22.2 Å². The number of hydrogen-bond acceptors (Lipinski definition) is 3. The largest absolute Gasteiger partial charge is 0.496 e. The van der Waals surface area contributed by atoms with Crippen molar-refractivity contribution in [2.24, 2.45) is 5.90 Å². The summed E-state index contributed by atoms with van der Waals surface area (Å²) in [7, 11) is 1.59. The summed E-state index contributed by atoms with van der Waals surface area (Å²) in [6.07, 6.45) is 0. The minimum atomic E-state index is 0.295. The van der Waals surface area contributed by atoms with E-state index in [1.54, 1.807) is 25.3 Å². The molecule has 0 aromatic heterocycles. The molecule has 0 radical (unpaired) electrons. The molecule has 0 saturated carbocycles. The van der Waals surface area contributed by atoms with Crippen molar-refractivity contribution < 1.29 is 9.57 Å². The van der Waals surface area contributed by atoms with Gasteiger partial charge in [-0.2, -0.15) is 0 Å². The van der Waals surface area contributed by atoms with Gasteiger partial charge in [-0.25, -0.2) is 5.90 Å². The fourth-order valence-corrected chi connectivity index (χ4v) is 1.14. The fourth-order valence-electron chi connectivity index (χ4n) is 0.950. The summed E-state index contributed by atoms with van der Waals surface area (Å²) in [5.74, 6) is 5.66. The zero-order valence-corrected chi connectivity index (χ0v) is 7.47. The van der Waals surface area contributed by atoms with E-state index >= 15 is 0 Å². The number of halogens is 1. The normalized spacial score (nSPS) is 9.92. The van der Waals surface area contributed by atoms with Crippen molar-refractivity contribution in [2.75, 3.05) is 7.11 Å². The summed E-state index contributed by atoms with van der Waals surface area (Å²) in [5.41, 5.74) is 0.840. The van der Waals surface area contributed by atoms with Gasteiger partial charge in [0, 0.05) is 10.6 Å². The minimum absolute atomic E-state index is 0.295. The first-order valence-corrected chi connectivity index (χ1v) is 3.80. The first kappa shape index (κ1) is 9.32. The molecule has 1 rings (SSSR count). The van der Waals surface area contributed by atoms with Crippen LogP contribution >= 0.6 is 11.6 Å². The second kappa shape index (κ2) is 4.30. The molecule has 0 unspecified atom stereocenters. The van der Waals surface area contributed by atoms with Crippen LogP contribution in [-0.2, 0) is 11.4 Å². The molecule has 0 bridgehead atoms. The van der Waals surface area contributed by atoms with Gasteiger partial charge in [0.1, 0.15) is 5.75 Å². The Balaban J connectivity index is 2.95. The van der Waals surface area contributed by atoms with Crippen molar-refractivity contribution in [3.05, 3.63) is 28.8 Å². The molecule has 4 heteroatoms. The Morgan fingerprint density at radius 3 is 2.83 bits per heavy atom. The Hall–Kier alpha value is -0.770. The Morgan fingerprint density at radius 1 is 1.50 bits per heavy atom. The average Bonchev–Trinajstić information content (AvgIpc) is 2.05. The molecule has 3 nitrogen and oxygen atoms in total. The first-order valence-electron chi connectivity index (χ1n) is 3.42. The lowest BCUT2D eigenvalue weighted by Crippen LogP contribution is -2.00. The monoisotopic (exact) mass is 187 g/mol. The summed E-state index contributed by atoms with van der Waals surface area (Å²) < 4.78 is 5.06. The van der Waals surface area contributed by atoms with Crippen molar-refractivity contribution in [2.45, 2.75) is 6.61 Å². The van der Waals surface area contributed by atoms with Gasteiger partial charge >= 0.3 is 0 Å². The number of benzene rings is 1. The number of rotatable bonds is 3. The van der Waals surface area contributed by atoms with E-state index in [0.717, 1.165) is 11.3 Å². The molecule has 0 aliphatic heterocycles. The van der Waals surface area contributed by atoms with Crippen LogP contribution < -0.4 is 10.6 Å². The molecular formula is C8H10ClNO2. The van der Waals surface area contributed by atoms with Crippen LogP contribution in [0.5, 0.6) is 5.75 Å². The smallest absolute Gasteiger partial charge is 0.124 e. The van der Waals surface area contributed by atoms with E-state index in [0.29, 0.717) is 11.6 Å². The van der Waals surface area contributed by atoms with Crippen LogP contribution in [-0.4, -0.2) is 7.11 Å². The van der Waals surface area contributed by atoms with Crippen molar-refractivity contribution in [1.29, 1.82) is 0 Å². The third kappa shape index (κ3) is 2.11. The van der Waals surface area contributed by atoms with Gasteiger partial charge in [0.2, 0.25) is 0 Å². The van der Waals surface area contributed by atoms with Crippen LogP contribution in [0.3, 0.4) is 0 Å². The predicted octanol–water partition coefficient (Wildman–Crippen LogP) is 1.74. The molecule has 1 aromatic rings. The highest BCUT2D eigenvalue weighted by Crippen LogP contribution is 2.22. The van der Waals surface area contributed by atoms with Crippen molar-refractivity contribution in [3.63, 3.8) is 0 Å². The number of nitrogens with two attached hydrogens (primary N) is 1. The molecule has 0 amide bonds. The zero-order chi connectivity index (χ0) is 8.97. The maximum Gasteiger partial charge on any atom is 0.124 e. The quantitative estimate of drug-likeness (QED) is 0.734. The van der Waals surface area contributed by atoms with Crippen LogP contribution in [0.1, 0.15) is 5.56 Å². The maximum atomic E-state index is 5.76. The van der Waals surface area contributed by atoms with Gasteiger partial charge in [0.15, 0.2) is 0 Å². The van der Waals surface area contributed by atoms with E-state index in [9.17, 15) is 0 Å². The van der Waals surface area contributed by atoms with E-state index in [1.165, 1.54) is 0 Å². The second-order valence-electron chi connectivity index (χ2n) is 2.27. The Morgan fingerprint density at radius 2 is 2.25 bits per heavy atom. The van der Waals surface area contributed by atoms with Gasteiger partial charge in [0.25, 0.3) is 0 Å². The molecular weight excluding hydrogens is 178 g/mol. The molecule has 0 spiro atoms. The van der Waals surface area contributed by atoms with Gasteiger partial charge in [-0.05, 0) is 18.2 Å². The molecule has 12 heavy (non-hydrogen) atoms. The summed E-state index contributed by atoms with van der Waals surface area (Å²) >= 11 is 5.76. The maximum absolute atomic E-state index is 5.76. The van der Waals surface area contributed by atoms with Gasteiger partial charge in [-0.15, -0.1) is 0 Å². The molecule has 0 heterocycles. The van der Waals surface area contributed by atoms with E-state index in [1.807, 2.05) is 0 Å². The highest BCUT2D eigenvalue weighted by Gasteiger charge is 2.02. The second-order valence-corrected chi connectivity index (χ2v) is 2.70. The Labute approximate surface area is 76.0 Å². The van der Waals surface area contributed by atoms with E-state index < -0.39 is 0 Å². The fraction of sp³-hybridized carbons (Fsp3) is 0.250. The summed E-state index contributed by atoms with van der Waals surface area (Å²) in [5, 5.41) is 0.642. The zero-order valence-electron chi connectivity index (χ0n) is 6.71. The summed E-state index contributed by atoms with van der Waals surface area (Å²) in [4.78, 5) is 4.49. The van der Waals surface area contributed by atoms with Crippen LogP contribution in [0.4, 0.5) is 0 Å². The van der Waals surface area contributed by atoms with Crippen LogP contribution in [0, 0.1) is 0 Å². The topological polar surface area (TPSA) is 44.5 Å². The van der Waals surface area contributed by atoms with Crippen LogP contribution in [0.25, 0.3) is 0 Å². The van der Waals surface area contributed by atoms with Crippen LogP contribution in [0.15, 0.2) is 18.2 Å². The lowest BCUT2D eigenvalue weighted by atomic mass is 10.2. The van der Waals surface area contributed by atoms with Gasteiger partial charge in [-0.3, -0.25) is 4.84 Å². The molecule has 2 N–H and O–H groups in total. The molecule has 0 saturated heterocycles. The molecule has 0 fully saturated rings. The van der Waals surface area contributed by atoms with Crippen molar-refractivity contribution in [1.82, 2.24) is 0 Å². The van der Waals surface area contributed by atoms with Gasteiger partial charge in [0.05, 0.1) is 13.7 Å². The molecule has 1 aromatic carbocycles. The van der Waals surface area contributed by atoms with Crippen molar-refractivity contribution in [3.8, 4) is 5.75 Å². The first-order chi connectivity index (χ1) is 5.77. The van der Waals surface area contributed by atoms with E-state index in [2.05, 4.69) is 4.84 Å². The van der Waals surface area contributed by atoms with Gasteiger partial charge in [-0.1, -0.05) is 11.6 Å². The molecule has 0 aliphatic rings. The molecule has 0 atom stereocenters. The summed E-state index contributed by atoms with van der Waals surface area (Å²) in [6.45, 7) is 0.295. The van der Waals surface area contributed by atoms with Crippen molar-refractivity contribution >= 4 is 11.6 Å². The average molecular weight is 188 g/mol. The highest BCUT2D eigenvalue weighted by atomic mass is 35.5. The molecule has 0 aliphatic carbocycles. The third-order valence-electron chi connectivity index (χ3n) is 1.48. The van der Waals surface area contributed by atoms with E-state index in [-0.39, 0.29) is 0 Å². The predicted molar refractivity (Wildman–Crippen MR) is 47.0 cm³/mol. The Kier molecular flexibility index (Phi) is 3.34. The number of ether oxygens (including phenoxy) is 1. The third-order valence-corrected chi connectivity index (χ3v) is 1.72. The minimum Gasteiger partial charge on any atom is -0.496 e. The standard InChI is InChI=1S/C8H10ClNO2/c1-11-8-3-2-7(9)4-6(8)5-12-10/h2-4H,5,10H2,1H3. The van der Waals surface area contributed by atoms with Crippen LogP contribution in [0.2, 0.25) is 5.02 Å². The number of methoxy groups -OCH3 is 1. The lowest BCUT2D eigenvalue weighted by molar-refractivity contribution is 0.122. The lowest BCUT2D eigenvalue weighted by Gasteiger charge is -2.06. The highest BCUT2D eigenvalue weighted by molar-refractivity contribution is 6.30. The Bertz CT molecular complexity index is 265. The SMILES string of the molecule is COc1ccc(Cl)cc1CON. The summed E-state index contributed by atoms with van der Waals surface area (Å²) in [6, 6.07) is 5.28. The molecule has 66 valence electrons.